The van der Waals surface area contributed by atoms with Crippen LogP contribution in [0.4, 0.5) is 0 Å². The normalized spacial score (nSPS) is 25.3. The molecule has 3 rings (SSSR count). The summed E-state index contributed by atoms with van der Waals surface area (Å²) >= 11 is 0. The summed E-state index contributed by atoms with van der Waals surface area (Å²) in [6.07, 6.45) is 1.25. The molecule has 1 spiro atoms. The van der Waals surface area contributed by atoms with E-state index >= 15 is 0 Å². The topological polar surface area (TPSA) is 68.2 Å². The number of carbonyl (C=O) groups excluding carboxylic acids is 1. The van der Waals surface area contributed by atoms with E-state index in [1.807, 2.05) is 6.92 Å². The number of aliphatic hydroxyl groups is 1. The maximum absolute atomic E-state index is 12.7. The van der Waals surface area contributed by atoms with Gasteiger partial charge in [0.1, 0.15) is 17.1 Å². The summed E-state index contributed by atoms with van der Waals surface area (Å²) in [7, 11) is 3.10. The summed E-state index contributed by atoms with van der Waals surface area (Å²) in [5.74, 6) is 1.05. The lowest BCUT2D eigenvalue weighted by atomic mass is 9.83. The van der Waals surface area contributed by atoms with Crippen LogP contribution in [0.25, 0.3) is 0 Å². The van der Waals surface area contributed by atoms with Gasteiger partial charge in [-0.2, -0.15) is 0 Å². The van der Waals surface area contributed by atoms with Crippen molar-refractivity contribution in [1.82, 2.24) is 4.90 Å². The Labute approximate surface area is 135 Å². The van der Waals surface area contributed by atoms with Gasteiger partial charge in [-0.05, 0) is 18.6 Å². The second kappa shape index (κ2) is 5.69. The Bertz CT molecular complexity index is 611. The zero-order valence-corrected chi connectivity index (χ0v) is 13.8. The van der Waals surface area contributed by atoms with E-state index in [0.717, 1.165) is 0 Å². The molecule has 6 heteroatoms. The molecular formula is C17H23NO5. The van der Waals surface area contributed by atoms with E-state index in [4.69, 9.17) is 14.2 Å². The van der Waals surface area contributed by atoms with Crippen LogP contribution in [0.2, 0.25) is 0 Å². The number of nitrogens with zero attached hydrogens (tertiary/aromatic N) is 1. The number of rotatable bonds is 4. The van der Waals surface area contributed by atoms with E-state index in [9.17, 15) is 9.90 Å². The number of hydrogen-bond acceptors (Lipinski definition) is 5. The lowest BCUT2D eigenvalue weighted by Gasteiger charge is -2.47. The molecule has 6 nitrogen and oxygen atoms in total. The van der Waals surface area contributed by atoms with E-state index in [2.05, 4.69) is 0 Å². The van der Waals surface area contributed by atoms with Gasteiger partial charge in [-0.3, -0.25) is 4.79 Å². The van der Waals surface area contributed by atoms with Gasteiger partial charge in [0.05, 0.1) is 45.1 Å². The van der Waals surface area contributed by atoms with Crippen molar-refractivity contribution in [2.45, 2.75) is 31.0 Å². The van der Waals surface area contributed by atoms with Gasteiger partial charge in [0, 0.05) is 12.5 Å². The third-order valence-corrected chi connectivity index (χ3v) is 4.84. The highest BCUT2D eigenvalue weighted by Crippen LogP contribution is 2.42. The second-order valence-corrected chi connectivity index (χ2v) is 6.45. The van der Waals surface area contributed by atoms with Crippen LogP contribution >= 0.6 is 0 Å². The molecule has 2 aliphatic heterocycles. The fourth-order valence-corrected chi connectivity index (χ4v) is 3.36. The van der Waals surface area contributed by atoms with Crippen LogP contribution in [-0.2, 0) is 4.74 Å². The standard InChI is InChI=1S/C17H23NO5/c1-4-16(20)8-17(23-11-16)9-18(10-17)15(19)13-6-5-12(21-2)7-14(13)22-3/h5-7,20H,4,8-11H2,1-3H3/t16-/m0/s1. The van der Waals surface area contributed by atoms with Gasteiger partial charge in [-0.15, -0.1) is 0 Å². The molecule has 1 amide bonds. The van der Waals surface area contributed by atoms with Crippen LogP contribution in [0.3, 0.4) is 0 Å². The molecule has 0 aromatic heterocycles. The minimum Gasteiger partial charge on any atom is -0.497 e. The first-order valence-corrected chi connectivity index (χ1v) is 7.82. The van der Waals surface area contributed by atoms with Crippen molar-refractivity contribution in [1.29, 1.82) is 0 Å². The van der Waals surface area contributed by atoms with E-state index < -0.39 is 5.60 Å². The number of carbonyl (C=O) groups is 1. The summed E-state index contributed by atoms with van der Waals surface area (Å²) in [5.41, 5.74) is -0.639. The fourth-order valence-electron chi connectivity index (χ4n) is 3.36. The van der Waals surface area contributed by atoms with Crippen molar-refractivity contribution in [2.24, 2.45) is 0 Å². The summed E-state index contributed by atoms with van der Waals surface area (Å²) in [5, 5.41) is 10.3. The molecule has 0 unspecified atom stereocenters. The molecule has 1 aromatic carbocycles. The largest absolute Gasteiger partial charge is 0.497 e. The molecule has 0 saturated carbocycles. The lowest BCUT2D eigenvalue weighted by molar-refractivity contribution is -0.0956. The first-order valence-electron chi connectivity index (χ1n) is 7.82. The molecule has 2 heterocycles. The molecule has 0 radical (unpaired) electrons. The molecule has 126 valence electrons. The molecule has 0 bridgehead atoms. The van der Waals surface area contributed by atoms with Crippen molar-refractivity contribution in [3.8, 4) is 11.5 Å². The van der Waals surface area contributed by atoms with Crippen molar-refractivity contribution < 1.29 is 24.1 Å². The van der Waals surface area contributed by atoms with Crippen molar-refractivity contribution >= 4 is 5.91 Å². The average molecular weight is 321 g/mol. The third kappa shape index (κ3) is 2.77. The summed E-state index contributed by atoms with van der Waals surface area (Å²) in [6, 6.07) is 5.15. The minimum absolute atomic E-state index is 0.0920. The van der Waals surface area contributed by atoms with Crippen LogP contribution in [-0.4, -0.2) is 61.0 Å². The predicted molar refractivity (Wildman–Crippen MR) is 84.0 cm³/mol. The van der Waals surface area contributed by atoms with Crippen LogP contribution in [0.1, 0.15) is 30.1 Å². The minimum atomic E-state index is -0.757. The van der Waals surface area contributed by atoms with Crippen LogP contribution in [0.5, 0.6) is 11.5 Å². The molecule has 23 heavy (non-hydrogen) atoms. The molecule has 2 saturated heterocycles. The predicted octanol–water partition coefficient (Wildman–Crippen LogP) is 1.46. The molecule has 1 N–H and O–H groups in total. The second-order valence-electron chi connectivity index (χ2n) is 6.45. The Hall–Kier alpha value is -1.79. The highest BCUT2D eigenvalue weighted by Gasteiger charge is 2.55. The van der Waals surface area contributed by atoms with Crippen LogP contribution < -0.4 is 9.47 Å². The highest BCUT2D eigenvalue weighted by molar-refractivity contribution is 5.97. The number of likely N-dealkylation sites (tertiary alicyclic amines) is 1. The Kier molecular flexibility index (Phi) is 3.98. The maximum atomic E-state index is 12.7. The monoisotopic (exact) mass is 321 g/mol. The SMILES string of the molecule is CC[C@@]1(O)COC2(CN(C(=O)c3ccc(OC)cc3OC)C2)C1. The Balaban J connectivity index is 1.70. The lowest BCUT2D eigenvalue weighted by Crippen LogP contribution is -2.63. The number of ether oxygens (including phenoxy) is 3. The van der Waals surface area contributed by atoms with Crippen molar-refractivity contribution in [2.75, 3.05) is 33.9 Å². The molecule has 2 fully saturated rings. The van der Waals surface area contributed by atoms with Crippen LogP contribution in [0, 0.1) is 0 Å². The molecule has 0 aliphatic carbocycles. The Morgan fingerprint density at radius 3 is 2.65 bits per heavy atom. The van der Waals surface area contributed by atoms with Crippen molar-refractivity contribution in [3.63, 3.8) is 0 Å². The molecular weight excluding hydrogens is 298 g/mol. The van der Waals surface area contributed by atoms with Crippen molar-refractivity contribution in [3.05, 3.63) is 23.8 Å². The first-order chi connectivity index (χ1) is 10.9. The molecule has 2 aliphatic rings. The Morgan fingerprint density at radius 2 is 2.09 bits per heavy atom. The summed E-state index contributed by atoms with van der Waals surface area (Å²) in [4.78, 5) is 14.4. The van der Waals surface area contributed by atoms with Gasteiger partial charge >= 0.3 is 0 Å². The fraction of sp³-hybridized carbons (Fsp3) is 0.588. The quantitative estimate of drug-likeness (QED) is 0.909. The van der Waals surface area contributed by atoms with E-state index in [-0.39, 0.29) is 11.5 Å². The third-order valence-electron chi connectivity index (χ3n) is 4.84. The zero-order chi connectivity index (χ0) is 16.7. The summed E-state index contributed by atoms with van der Waals surface area (Å²) < 4.78 is 16.2. The zero-order valence-electron chi connectivity index (χ0n) is 13.8. The van der Waals surface area contributed by atoms with E-state index in [1.165, 1.54) is 7.11 Å². The average Bonchev–Trinajstić information content (AvgIpc) is 2.91. The smallest absolute Gasteiger partial charge is 0.257 e. The summed E-state index contributed by atoms with van der Waals surface area (Å²) in [6.45, 7) is 3.30. The van der Waals surface area contributed by atoms with Gasteiger partial charge in [0.2, 0.25) is 0 Å². The van der Waals surface area contributed by atoms with Crippen LogP contribution in [0.15, 0.2) is 18.2 Å². The van der Waals surface area contributed by atoms with E-state index in [1.54, 1.807) is 30.2 Å². The maximum Gasteiger partial charge on any atom is 0.257 e. The molecule has 1 atom stereocenters. The molecule has 1 aromatic rings. The van der Waals surface area contributed by atoms with Gasteiger partial charge in [0.15, 0.2) is 0 Å². The van der Waals surface area contributed by atoms with Gasteiger partial charge < -0.3 is 24.2 Å². The number of amides is 1. The number of methoxy groups -OCH3 is 2. The van der Waals surface area contributed by atoms with E-state index in [0.29, 0.717) is 49.6 Å². The van der Waals surface area contributed by atoms with Gasteiger partial charge in [-0.25, -0.2) is 0 Å². The van der Waals surface area contributed by atoms with Gasteiger partial charge in [-0.1, -0.05) is 6.92 Å². The Morgan fingerprint density at radius 1 is 1.35 bits per heavy atom. The number of benzene rings is 1. The van der Waals surface area contributed by atoms with Gasteiger partial charge in [0.25, 0.3) is 5.91 Å². The highest BCUT2D eigenvalue weighted by atomic mass is 16.5. The first kappa shape index (κ1) is 16.1. The number of hydrogen-bond donors (Lipinski definition) is 1.